The van der Waals surface area contributed by atoms with Crippen molar-refractivity contribution < 1.29 is 9.72 Å². The number of hydrogen-bond donors (Lipinski definition) is 0. The third kappa shape index (κ3) is 1.88. The molecule has 5 nitrogen and oxygen atoms in total. The van der Waals surface area contributed by atoms with Crippen molar-refractivity contribution in [3.63, 3.8) is 0 Å². The van der Waals surface area contributed by atoms with Crippen molar-refractivity contribution in [3.05, 3.63) is 39.9 Å². The first-order valence-corrected chi connectivity index (χ1v) is 5.06. The van der Waals surface area contributed by atoms with Crippen LogP contribution in [0.2, 0.25) is 0 Å². The number of non-ortho nitro benzene ring substituents is 1. The Morgan fingerprint density at radius 3 is 2.44 bits per heavy atom. The molecule has 1 unspecified atom stereocenters. The lowest BCUT2D eigenvalue weighted by Gasteiger charge is -2.09. The van der Waals surface area contributed by atoms with Gasteiger partial charge in [0, 0.05) is 38.1 Å². The van der Waals surface area contributed by atoms with Gasteiger partial charge in [0.25, 0.3) is 5.69 Å². The summed E-state index contributed by atoms with van der Waals surface area (Å²) in [6.45, 7) is 0.691. The molecule has 1 fully saturated rings. The van der Waals surface area contributed by atoms with Gasteiger partial charge in [0.05, 0.1) is 4.92 Å². The summed E-state index contributed by atoms with van der Waals surface area (Å²) >= 11 is 0. The van der Waals surface area contributed by atoms with Gasteiger partial charge in [-0.1, -0.05) is 12.1 Å². The summed E-state index contributed by atoms with van der Waals surface area (Å²) < 4.78 is 0. The van der Waals surface area contributed by atoms with Gasteiger partial charge in [-0.15, -0.1) is 0 Å². The Hall–Kier alpha value is -1.91. The van der Waals surface area contributed by atoms with Crippen molar-refractivity contribution >= 4 is 11.6 Å². The number of likely N-dealkylation sites (tertiary alicyclic amines) is 1. The molecule has 0 bridgehead atoms. The first-order chi connectivity index (χ1) is 7.58. The van der Waals surface area contributed by atoms with E-state index in [1.54, 1.807) is 24.1 Å². The van der Waals surface area contributed by atoms with E-state index in [2.05, 4.69) is 0 Å². The predicted molar refractivity (Wildman–Crippen MR) is 58.1 cm³/mol. The molecule has 0 aliphatic carbocycles. The molecule has 1 heterocycles. The van der Waals surface area contributed by atoms with Crippen LogP contribution in [0.4, 0.5) is 5.69 Å². The van der Waals surface area contributed by atoms with E-state index in [0.717, 1.165) is 5.56 Å². The van der Waals surface area contributed by atoms with Crippen molar-refractivity contribution in [3.8, 4) is 0 Å². The average molecular weight is 220 g/mol. The topological polar surface area (TPSA) is 63.4 Å². The molecular weight excluding hydrogens is 208 g/mol. The van der Waals surface area contributed by atoms with E-state index >= 15 is 0 Å². The van der Waals surface area contributed by atoms with Crippen LogP contribution in [0.1, 0.15) is 17.9 Å². The maximum absolute atomic E-state index is 11.4. The standard InChI is InChI=1S/C11H12N2O3/c1-12-7-9(6-11(12)14)8-2-4-10(5-3-8)13(15)16/h2-5,9H,6-7H2,1H3. The molecule has 0 spiro atoms. The van der Waals surface area contributed by atoms with Gasteiger partial charge in [-0.2, -0.15) is 0 Å². The lowest BCUT2D eigenvalue weighted by molar-refractivity contribution is -0.384. The number of benzene rings is 1. The second kappa shape index (κ2) is 3.92. The first kappa shape index (κ1) is 10.6. The minimum atomic E-state index is -0.421. The number of nitro benzene ring substituents is 1. The second-order valence-corrected chi connectivity index (χ2v) is 4.02. The molecule has 84 valence electrons. The van der Waals surface area contributed by atoms with E-state index in [-0.39, 0.29) is 17.5 Å². The van der Waals surface area contributed by atoms with Gasteiger partial charge < -0.3 is 4.90 Å². The molecule has 0 radical (unpaired) electrons. The van der Waals surface area contributed by atoms with Gasteiger partial charge in [-0.3, -0.25) is 14.9 Å². The Kier molecular flexibility index (Phi) is 2.60. The van der Waals surface area contributed by atoms with Crippen LogP contribution < -0.4 is 0 Å². The Labute approximate surface area is 92.8 Å². The molecule has 0 aromatic heterocycles. The fourth-order valence-electron chi connectivity index (χ4n) is 1.96. The Morgan fingerprint density at radius 2 is 2.00 bits per heavy atom. The van der Waals surface area contributed by atoms with Gasteiger partial charge in [0.2, 0.25) is 5.91 Å². The molecule has 1 amide bonds. The van der Waals surface area contributed by atoms with E-state index in [4.69, 9.17) is 0 Å². The van der Waals surface area contributed by atoms with Crippen LogP contribution >= 0.6 is 0 Å². The monoisotopic (exact) mass is 220 g/mol. The average Bonchev–Trinajstić information content (AvgIpc) is 2.59. The Bertz CT molecular complexity index is 427. The second-order valence-electron chi connectivity index (χ2n) is 4.02. The SMILES string of the molecule is CN1CC(c2ccc([N+](=O)[O-])cc2)CC1=O. The first-order valence-electron chi connectivity index (χ1n) is 5.06. The predicted octanol–water partition coefficient (Wildman–Crippen LogP) is 1.54. The molecule has 1 aliphatic heterocycles. The highest BCUT2D eigenvalue weighted by molar-refractivity contribution is 5.79. The molecule has 1 atom stereocenters. The minimum Gasteiger partial charge on any atom is -0.345 e. The third-order valence-corrected chi connectivity index (χ3v) is 2.92. The largest absolute Gasteiger partial charge is 0.345 e. The van der Waals surface area contributed by atoms with E-state index in [1.165, 1.54) is 12.1 Å². The lowest BCUT2D eigenvalue weighted by atomic mass is 9.98. The quantitative estimate of drug-likeness (QED) is 0.561. The zero-order valence-corrected chi connectivity index (χ0v) is 8.92. The number of carbonyl (C=O) groups excluding carboxylic acids is 1. The fourth-order valence-corrected chi connectivity index (χ4v) is 1.96. The number of hydrogen-bond acceptors (Lipinski definition) is 3. The lowest BCUT2D eigenvalue weighted by Crippen LogP contribution is -2.18. The summed E-state index contributed by atoms with van der Waals surface area (Å²) in [5.74, 6) is 0.293. The number of nitro groups is 1. The molecular formula is C11H12N2O3. The van der Waals surface area contributed by atoms with Gasteiger partial charge in [0.15, 0.2) is 0 Å². The van der Waals surface area contributed by atoms with Crippen molar-refractivity contribution in [1.82, 2.24) is 4.90 Å². The van der Waals surface area contributed by atoms with Crippen molar-refractivity contribution in [1.29, 1.82) is 0 Å². The smallest absolute Gasteiger partial charge is 0.269 e. The molecule has 2 rings (SSSR count). The van der Waals surface area contributed by atoms with Crippen molar-refractivity contribution in [2.45, 2.75) is 12.3 Å². The van der Waals surface area contributed by atoms with E-state index < -0.39 is 4.92 Å². The zero-order chi connectivity index (χ0) is 11.7. The summed E-state index contributed by atoms with van der Waals surface area (Å²) in [7, 11) is 1.77. The highest BCUT2D eigenvalue weighted by Gasteiger charge is 2.27. The molecule has 1 aromatic carbocycles. The van der Waals surface area contributed by atoms with Crippen LogP contribution in [0.3, 0.4) is 0 Å². The molecule has 0 N–H and O–H groups in total. The van der Waals surface area contributed by atoms with Crippen molar-refractivity contribution in [2.75, 3.05) is 13.6 Å². The summed E-state index contributed by atoms with van der Waals surface area (Å²) in [5.41, 5.74) is 1.07. The van der Waals surface area contributed by atoms with Gasteiger partial charge in [-0.25, -0.2) is 0 Å². The van der Waals surface area contributed by atoms with E-state index in [1.807, 2.05) is 0 Å². The van der Waals surface area contributed by atoms with Gasteiger partial charge in [-0.05, 0) is 5.56 Å². The van der Waals surface area contributed by atoms with Crippen molar-refractivity contribution in [2.24, 2.45) is 0 Å². The maximum atomic E-state index is 11.4. The molecule has 16 heavy (non-hydrogen) atoms. The number of carbonyl (C=O) groups is 1. The van der Waals surface area contributed by atoms with Crippen LogP contribution in [-0.2, 0) is 4.79 Å². The summed E-state index contributed by atoms with van der Waals surface area (Å²) in [5, 5.41) is 10.5. The van der Waals surface area contributed by atoms with Crippen LogP contribution in [-0.4, -0.2) is 29.3 Å². The Morgan fingerprint density at radius 1 is 1.38 bits per heavy atom. The highest BCUT2D eigenvalue weighted by atomic mass is 16.6. The summed E-state index contributed by atoms with van der Waals surface area (Å²) in [6.07, 6.45) is 0.494. The normalized spacial score (nSPS) is 20.2. The zero-order valence-electron chi connectivity index (χ0n) is 8.92. The molecule has 1 saturated heterocycles. The fraction of sp³-hybridized carbons (Fsp3) is 0.364. The molecule has 1 aliphatic rings. The van der Waals surface area contributed by atoms with Crippen LogP contribution in [0.5, 0.6) is 0 Å². The van der Waals surface area contributed by atoms with Crippen LogP contribution in [0.25, 0.3) is 0 Å². The summed E-state index contributed by atoms with van der Waals surface area (Å²) in [6, 6.07) is 6.43. The molecule has 5 heteroatoms. The number of nitrogens with zero attached hydrogens (tertiary/aromatic N) is 2. The number of amides is 1. The molecule has 1 aromatic rings. The van der Waals surface area contributed by atoms with E-state index in [9.17, 15) is 14.9 Å². The van der Waals surface area contributed by atoms with E-state index in [0.29, 0.717) is 13.0 Å². The molecule has 0 saturated carbocycles. The van der Waals surface area contributed by atoms with Gasteiger partial charge in [0.1, 0.15) is 0 Å². The highest BCUT2D eigenvalue weighted by Crippen LogP contribution is 2.28. The minimum absolute atomic E-state index is 0.0847. The number of rotatable bonds is 2. The summed E-state index contributed by atoms with van der Waals surface area (Å²) in [4.78, 5) is 23.1. The maximum Gasteiger partial charge on any atom is 0.269 e. The Balaban J connectivity index is 2.17. The van der Waals surface area contributed by atoms with Crippen LogP contribution in [0, 0.1) is 10.1 Å². The van der Waals surface area contributed by atoms with Crippen LogP contribution in [0.15, 0.2) is 24.3 Å². The number of likely N-dealkylation sites (N-methyl/N-ethyl adjacent to an activating group) is 1. The van der Waals surface area contributed by atoms with Gasteiger partial charge >= 0.3 is 0 Å². The third-order valence-electron chi connectivity index (χ3n) is 2.92.